The maximum Gasteiger partial charge on any atom is -0.153 e. The van der Waals surface area contributed by atoms with Gasteiger partial charge in [-0.25, -0.2) is 0 Å². The number of hydrogen-bond acceptors (Lipinski definition) is 6. The van der Waals surface area contributed by atoms with Gasteiger partial charge in [-0.2, -0.15) is 9.90 Å². The molecule has 6 nitrogen and oxygen atoms in total. The number of aliphatic hydroxyl groups is 1. The molecule has 0 aromatic heterocycles. The molecule has 2 rings (SSSR count). The number of carbonyl (C=O) groups excluding carboxylic acids is 2. The number of aliphatic hydroxyl groups excluding tert-OH is 1. The molecular weight excluding hydrogens is 530 g/mol. The molecule has 1 N–H and O–H groups in total. The number of rotatable bonds is 4. The quantitative estimate of drug-likeness (QED) is 0.346. The summed E-state index contributed by atoms with van der Waals surface area (Å²) in [6.07, 6.45) is -5.86. The summed E-state index contributed by atoms with van der Waals surface area (Å²) < 4.78 is 40.6. The van der Waals surface area contributed by atoms with Gasteiger partial charge in [-0.15, -0.1) is 0 Å². The minimum atomic E-state index is -3.76. The van der Waals surface area contributed by atoms with Gasteiger partial charge in [-0.1, -0.05) is 0 Å². The Balaban J connectivity index is 0.00000264. The SMILES string of the molecule is O=[C]([Bi])OC1[C@@H](COC(=O)c2ccccc2)OC(O)C1(F)F.P. The van der Waals surface area contributed by atoms with Crippen LogP contribution in [0.2, 0.25) is 0 Å². The summed E-state index contributed by atoms with van der Waals surface area (Å²) in [5.41, 5.74) is 0.239. The van der Waals surface area contributed by atoms with Gasteiger partial charge in [-0.05, 0) is 0 Å². The van der Waals surface area contributed by atoms with Crippen LogP contribution < -0.4 is 0 Å². The fourth-order valence-electron chi connectivity index (χ4n) is 1.92. The van der Waals surface area contributed by atoms with Crippen molar-refractivity contribution in [3.05, 3.63) is 35.9 Å². The van der Waals surface area contributed by atoms with Gasteiger partial charge in [0.05, 0.1) is 0 Å². The van der Waals surface area contributed by atoms with Gasteiger partial charge in [0.2, 0.25) is 0 Å². The van der Waals surface area contributed by atoms with E-state index in [1.54, 1.807) is 18.2 Å². The largest absolute Gasteiger partial charge is 0.153 e. The third kappa shape index (κ3) is 4.86. The van der Waals surface area contributed by atoms with E-state index in [2.05, 4.69) is 9.47 Å². The molecule has 0 aliphatic carbocycles. The maximum absolute atomic E-state index is 13.7. The molecule has 1 fully saturated rings. The summed E-state index contributed by atoms with van der Waals surface area (Å²) in [5, 5.41) is 9.20. The van der Waals surface area contributed by atoms with Crippen LogP contribution in [0.3, 0.4) is 0 Å². The van der Waals surface area contributed by atoms with Crippen LogP contribution in [0, 0.1) is 0 Å². The second-order valence-corrected chi connectivity index (χ2v) is 5.89. The molecule has 1 aliphatic heterocycles. The number of benzene rings is 1. The Morgan fingerprint density at radius 2 is 1.91 bits per heavy atom. The molecule has 2 radical (unpaired) electrons. The average Bonchev–Trinajstić information content (AvgIpc) is 2.68. The smallest absolute Gasteiger partial charge is 0.153 e. The van der Waals surface area contributed by atoms with E-state index in [1.807, 2.05) is 0 Å². The molecule has 1 heterocycles. The second-order valence-electron chi connectivity index (χ2n) is 4.47. The van der Waals surface area contributed by atoms with Crippen LogP contribution in [0.25, 0.3) is 0 Å². The average molecular weight is 544 g/mol. The van der Waals surface area contributed by atoms with Crippen LogP contribution in [0.1, 0.15) is 10.4 Å². The third-order valence-electron chi connectivity index (χ3n) is 2.97. The van der Waals surface area contributed by atoms with E-state index in [0.717, 1.165) is 0 Å². The topological polar surface area (TPSA) is 82.1 Å². The number of hydrogen-bond donors (Lipinski definition) is 1. The molecule has 10 heteroatoms. The molecule has 1 aliphatic rings. The minimum absolute atomic E-state index is 0. The number of carbonyl (C=O) groups is 2. The van der Waals surface area contributed by atoms with Crippen molar-refractivity contribution in [2.45, 2.75) is 24.4 Å². The zero-order valence-corrected chi connectivity index (χ0v) is 16.6. The molecule has 23 heavy (non-hydrogen) atoms. The summed E-state index contributed by atoms with van der Waals surface area (Å²) in [5.74, 6) is -4.50. The van der Waals surface area contributed by atoms with Gasteiger partial charge in [0, 0.05) is 0 Å². The van der Waals surface area contributed by atoms with Gasteiger partial charge in [0.1, 0.15) is 0 Å². The van der Waals surface area contributed by atoms with Crippen molar-refractivity contribution < 1.29 is 37.7 Å². The van der Waals surface area contributed by atoms with Gasteiger partial charge >= 0.3 is 139 Å². The summed E-state index contributed by atoms with van der Waals surface area (Å²) >= 11 is 0.117. The molecule has 0 spiro atoms. The van der Waals surface area contributed by atoms with Gasteiger partial charge in [0.25, 0.3) is 0 Å². The summed E-state index contributed by atoms with van der Waals surface area (Å²) in [7, 11) is 0. The first-order chi connectivity index (χ1) is 10.3. The first-order valence-corrected chi connectivity index (χ1v) is 7.89. The van der Waals surface area contributed by atoms with E-state index in [4.69, 9.17) is 4.74 Å². The van der Waals surface area contributed by atoms with E-state index < -0.39 is 40.7 Å². The second kappa shape index (κ2) is 8.38. The van der Waals surface area contributed by atoms with Crippen molar-refractivity contribution in [2.24, 2.45) is 0 Å². The predicted octanol–water partition coefficient (Wildman–Crippen LogP) is 0.928. The summed E-state index contributed by atoms with van der Waals surface area (Å²) in [6.45, 7) is -0.573. The molecule has 0 bridgehead atoms. The minimum Gasteiger partial charge on any atom is -0.153 e. The molecule has 3 unspecified atom stereocenters. The summed E-state index contributed by atoms with van der Waals surface area (Å²) in [6, 6.07) is 7.93. The van der Waals surface area contributed by atoms with Crippen molar-refractivity contribution in [3.63, 3.8) is 0 Å². The molecule has 1 saturated heterocycles. The molecule has 4 atom stereocenters. The van der Waals surface area contributed by atoms with Crippen LogP contribution in [0.15, 0.2) is 30.3 Å². The van der Waals surface area contributed by atoms with E-state index in [9.17, 15) is 23.5 Å². The molecule has 0 saturated carbocycles. The number of esters is 1. The normalized spacial score (nSPS) is 25.3. The number of halogens is 2. The van der Waals surface area contributed by atoms with Crippen molar-refractivity contribution in [1.82, 2.24) is 0 Å². The fraction of sp³-hybridized carbons (Fsp3) is 0.385. The first-order valence-electron chi connectivity index (χ1n) is 6.15. The first kappa shape index (κ1) is 20.3. The van der Waals surface area contributed by atoms with Gasteiger partial charge < -0.3 is 0 Å². The Kier molecular flexibility index (Phi) is 7.40. The molecule has 1 aromatic carbocycles. The molecule has 1 aromatic rings. The Labute approximate surface area is 148 Å². The van der Waals surface area contributed by atoms with Crippen molar-refractivity contribution in [1.29, 1.82) is 0 Å². The van der Waals surface area contributed by atoms with E-state index in [0.29, 0.717) is 0 Å². The van der Waals surface area contributed by atoms with E-state index in [1.165, 1.54) is 12.1 Å². The van der Waals surface area contributed by atoms with Crippen LogP contribution in [-0.2, 0) is 14.2 Å². The van der Waals surface area contributed by atoms with Crippen LogP contribution in [0.5, 0.6) is 0 Å². The van der Waals surface area contributed by atoms with Crippen molar-refractivity contribution >= 4 is 44.3 Å². The number of ether oxygens (including phenoxy) is 3. The predicted molar refractivity (Wildman–Crippen MR) is 79.7 cm³/mol. The zero-order valence-electron chi connectivity index (χ0n) is 11.7. The van der Waals surface area contributed by atoms with Crippen molar-refractivity contribution in [3.8, 4) is 0 Å². The summed E-state index contributed by atoms with van der Waals surface area (Å²) in [4.78, 5) is 22.7. The third-order valence-corrected chi connectivity index (χ3v) is 3.38. The van der Waals surface area contributed by atoms with Gasteiger partial charge in [-0.3, -0.25) is 0 Å². The Bertz CT molecular complexity index is 559. The molecular formula is C13H14BiF2O6P. The molecule has 126 valence electrons. The fourth-order valence-corrected chi connectivity index (χ4v) is 2.36. The maximum atomic E-state index is 13.7. The van der Waals surface area contributed by atoms with Crippen molar-refractivity contribution in [2.75, 3.05) is 6.61 Å². The Morgan fingerprint density at radius 1 is 1.30 bits per heavy atom. The van der Waals surface area contributed by atoms with Crippen LogP contribution >= 0.6 is 9.90 Å². The van der Waals surface area contributed by atoms with Gasteiger partial charge in [0.15, 0.2) is 0 Å². The zero-order chi connectivity index (χ0) is 16.3. The number of alkyl halides is 2. The monoisotopic (exact) mass is 544 g/mol. The molecule has 0 amide bonds. The standard InChI is InChI=1S/C13H11F2O6.Bi.H3P/c14-13(15)10(20-7-16)9(21-12(13)18)6-19-11(17)8-4-2-1-3-5-8;;/h1-5,9-10,12,18H,6H2;;1H3/t9-,10?,12?;;/m1../s1. The Hall–Kier alpha value is -0.747. The van der Waals surface area contributed by atoms with E-state index in [-0.39, 0.29) is 40.2 Å². The van der Waals surface area contributed by atoms with E-state index >= 15 is 0 Å². The Morgan fingerprint density at radius 3 is 2.48 bits per heavy atom. The van der Waals surface area contributed by atoms with Crippen LogP contribution in [-0.4, -0.2) is 70.5 Å². The van der Waals surface area contributed by atoms with Crippen LogP contribution in [0.4, 0.5) is 13.6 Å².